The lowest BCUT2D eigenvalue weighted by Crippen LogP contribution is -2.77. The Morgan fingerprint density at radius 3 is 2.69 bits per heavy atom. The van der Waals surface area contributed by atoms with Gasteiger partial charge >= 0.3 is 0 Å². The van der Waals surface area contributed by atoms with Crippen molar-refractivity contribution in [2.24, 2.45) is 0 Å². The molecule has 0 radical (unpaired) electrons. The fourth-order valence-corrected chi connectivity index (χ4v) is 4.52. The summed E-state index contributed by atoms with van der Waals surface area (Å²) >= 11 is 5.64. The van der Waals surface area contributed by atoms with Gasteiger partial charge in [-0.2, -0.15) is 0 Å². The maximum absolute atomic E-state index is 13.5. The van der Waals surface area contributed by atoms with E-state index >= 15 is 0 Å². The number of ether oxygens (including phenoxy) is 2. The molecule has 2 heterocycles. The maximum Gasteiger partial charge on any atom is 0.258 e. The van der Waals surface area contributed by atoms with Crippen LogP contribution in [-0.4, -0.2) is 33.2 Å². The zero-order valence-corrected chi connectivity index (χ0v) is 18.0. The van der Waals surface area contributed by atoms with E-state index in [1.807, 2.05) is 19.1 Å². The first-order valence-electron chi connectivity index (χ1n) is 10.1. The summed E-state index contributed by atoms with van der Waals surface area (Å²) in [6, 6.07) is 7.75. The van der Waals surface area contributed by atoms with Crippen LogP contribution in [0.2, 0.25) is 5.02 Å². The van der Waals surface area contributed by atoms with E-state index in [1.54, 1.807) is 6.20 Å². The molecule has 3 saturated carbocycles. The average molecular weight is 459 g/mol. The molecule has 8 nitrogen and oxygen atoms in total. The van der Waals surface area contributed by atoms with Crippen LogP contribution in [0.5, 0.6) is 11.5 Å². The fraction of sp³-hybridized carbons (Fsp3) is 0.364. The molecule has 6 rings (SSSR count). The summed E-state index contributed by atoms with van der Waals surface area (Å²) in [6.45, 7) is 1.87. The van der Waals surface area contributed by atoms with E-state index in [4.69, 9.17) is 25.5 Å². The predicted molar refractivity (Wildman–Crippen MR) is 111 cm³/mol. The van der Waals surface area contributed by atoms with Crippen molar-refractivity contribution in [3.05, 3.63) is 64.8 Å². The van der Waals surface area contributed by atoms with Crippen LogP contribution < -0.4 is 14.8 Å². The van der Waals surface area contributed by atoms with Crippen molar-refractivity contribution < 1.29 is 23.1 Å². The lowest BCUT2D eigenvalue weighted by Gasteiger charge is -2.68. The first kappa shape index (κ1) is 20.7. The molecule has 0 atom stereocenters. The van der Waals surface area contributed by atoms with Gasteiger partial charge in [0.25, 0.3) is 11.8 Å². The Hall–Kier alpha value is -3.20. The number of pyridine rings is 1. The Balaban J connectivity index is 1.09. The molecular weight excluding hydrogens is 439 g/mol. The molecule has 166 valence electrons. The van der Waals surface area contributed by atoms with Crippen molar-refractivity contribution in [3.8, 4) is 11.5 Å². The van der Waals surface area contributed by atoms with E-state index in [2.05, 4.69) is 20.5 Å². The van der Waals surface area contributed by atoms with Crippen LogP contribution in [-0.2, 0) is 16.8 Å². The van der Waals surface area contributed by atoms with Crippen LogP contribution in [0, 0.1) is 12.7 Å². The number of nitrogens with one attached hydrogen (secondary N) is 1. The number of nitrogens with zero attached hydrogens (tertiary/aromatic N) is 3. The minimum Gasteiger partial charge on any atom is -0.484 e. The van der Waals surface area contributed by atoms with Crippen molar-refractivity contribution in [2.75, 3.05) is 6.61 Å². The number of hydrogen-bond acceptors (Lipinski definition) is 7. The Bertz CT molecular complexity index is 1150. The van der Waals surface area contributed by atoms with Gasteiger partial charge in [0.05, 0.1) is 16.6 Å². The van der Waals surface area contributed by atoms with Gasteiger partial charge in [-0.05, 0) is 50.5 Å². The second kappa shape index (κ2) is 7.74. The number of carbonyl (C=O) groups is 1. The third kappa shape index (κ3) is 3.88. The summed E-state index contributed by atoms with van der Waals surface area (Å²) in [5, 5.41) is 11.3. The molecule has 1 aromatic carbocycles. The molecule has 0 aliphatic heterocycles. The number of benzene rings is 1. The summed E-state index contributed by atoms with van der Waals surface area (Å²) in [6.07, 6.45) is 3.83. The topological polar surface area (TPSA) is 99.4 Å². The van der Waals surface area contributed by atoms with Gasteiger partial charge in [-0.15, -0.1) is 10.2 Å². The summed E-state index contributed by atoms with van der Waals surface area (Å²) in [5.41, 5.74) is 0.446. The van der Waals surface area contributed by atoms with Gasteiger partial charge in [0.1, 0.15) is 17.3 Å². The molecule has 0 unspecified atom stereocenters. The standard InChI is InChI=1S/C22H20ClFN4O4/c1-13-2-3-15(7-25-13)31-9-19-27-28-20(32-19)21-10-22(11-21,12-21)26-18(29)8-30-14-4-5-16(23)17(24)6-14/h2-7H,8-12H2,1H3,(H,26,29). The molecule has 32 heavy (non-hydrogen) atoms. The van der Waals surface area contributed by atoms with Gasteiger partial charge in [0.15, 0.2) is 13.2 Å². The average Bonchev–Trinajstić information content (AvgIpc) is 3.19. The molecule has 1 amide bonds. The van der Waals surface area contributed by atoms with Crippen LogP contribution in [0.25, 0.3) is 0 Å². The third-order valence-corrected chi connectivity index (χ3v) is 6.17. The Kier molecular flexibility index (Phi) is 5.00. The molecule has 10 heteroatoms. The summed E-state index contributed by atoms with van der Waals surface area (Å²) in [7, 11) is 0. The highest BCUT2D eigenvalue weighted by Crippen LogP contribution is 2.67. The quantitative estimate of drug-likeness (QED) is 0.551. The van der Waals surface area contributed by atoms with Gasteiger partial charge in [0, 0.05) is 17.3 Å². The summed E-state index contributed by atoms with van der Waals surface area (Å²) < 4.78 is 30.2. The normalized spacial score (nSPS) is 23.1. The smallest absolute Gasteiger partial charge is 0.258 e. The van der Waals surface area contributed by atoms with E-state index in [9.17, 15) is 9.18 Å². The highest BCUT2D eigenvalue weighted by molar-refractivity contribution is 6.30. The van der Waals surface area contributed by atoms with Gasteiger partial charge in [-0.25, -0.2) is 4.39 Å². The van der Waals surface area contributed by atoms with E-state index in [0.717, 1.165) is 31.0 Å². The lowest BCUT2D eigenvalue weighted by molar-refractivity contribution is -0.143. The maximum atomic E-state index is 13.5. The van der Waals surface area contributed by atoms with Crippen LogP contribution in [0.4, 0.5) is 4.39 Å². The minimum atomic E-state index is -0.592. The highest BCUT2D eigenvalue weighted by Gasteiger charge is 2.71. The molecule has 1 N–H and O–H groups in total. The summed E-state index contributed by atoms with van der Waals surface area (Å²) in [4.78, 5) is 16.4. The van der Waals surface area contributed by atoms with Crippen LogP contribution in [0.15, 0.2) is 40.9 Å². The molecule has 3 fully saturated rings. The van der Waals surface area contributed by atoms with E-state index in [-0.39, 0.29) is 40.8 Å². The number of amides is 1. The van der Waals surface area contributed by atoms with Crippen LogP contribution >= 0.6 is 11.6 Å². The molecule has 3 aromatic rings. The Morgan fingerprint density at radius 2 is 1.97 bits per heavy atom. The van der Waals surface area contributed by atoms with E-state index in [0.29, 0.717) is 17.5 Å². The Morgan fingerprint density at radius 1 is 1.19 bits per heavy atom. The number of carbonyl (C=O) groups excluding carboxylic acids is 1. The van der Waals surface area contributed by atoms with Crippen molar-refractivity contribution in [1.82, 2.24) is 20.5 Å². The van der Waals surface area contributed by atoms with Gasteiger partial charge in [-0.3, -0.25) is 9.78 Å². The number of rotatable bonds is 8. The number of aryl methyl sites for hydroxylation is 1. The van der Waals surface area contributed by atoms with Gasteiger partial charge in [-0.1, -0.05) is 11.6 Å². The number of hydrogen-bond donors (Lipinski definition) is 1. The molecule has 0 spiro atoms. The first-order chi connectivity index (χ1) is 15.3. The van der Waals surface area contributed by atoms with Crippen LogP contribution in [0.1, 0.15) is 36.7 Å². The molecule has 2 bridgehead atoms. The SMILES string of the molecule is Cc1ccc(OCc2nnc(C34CC(NC(=O)COc5ccc(Cl)c(F)c5)(C3)C4)o2)cn1. The number of halogens is 2. The zero-order chi connectivity index (χ0) is 22.3. The zero-order valence-electron chi connectivity index (χ0n) is 17.2. The Labute approximate surface area is 188 Å². The first-order valence-corrected chi connectivity index (χ1v) is 10.5. The molecular formula is C22H20ClFN4O4. The van der Waals surface area contributed by atoms with E-state index in [1.165, 1.54) is 12.1 Å². The minimum absolute atomic E-state index is 0.00358. The second-order valence-corrected chi connectivity index (χ2v) is 8.84. The van der Waals surface area contributed by atoms with Crippen molar-refractivity contribution in [3.63, 3.8) is 0 Å². The van der Waals surface area contributed by atoms with Gasteiger partial charge < -0.3 is 19.2 Å². The fourth-order valence-electron chi connectivity index (χ4n) is 4.41. The van der Waals surface area contributed by atoms with Crippen molar-refractivity contribution >= 4 is 17.5 Å². The number of aromatic nitrogens is 3. The van der Waals surface area contributed by atoms with E-state index < -0.39 is 5.82 Å². The molecule has 0 saturated heterocycles. The molecule has 3 aliphatic carbocycles. The van der Waals surface area contributed by atoms with Crippen LogP contribution in [0.3, 0.4) is 0 Å². The lowest BCUT2D eigenvalue weighted by atomic mass is 9.39. The third-order valence-electron chi connectivity index (χ3n) is 5.86. The second-order valence-electron chi connectivity index (χ2n) is 8.43. The monoisotopic (exact) mass is 458 g/mol. The largest absolute Gasteiger partial charge is 0.484 e. The molecule has 3 aliphatic rings. The molecule has 2 aromatic heterocycles. The van der Waals surface area contributed by atoms with Gasteiger partial charge in [0.2, 0.25) is 5.89 Å². The van der Waals surface area contributed by atoms with Crippen molar-refractivity contribution in [1.29, 1.82) is 0 Å². The summed E-state index contributed by atoms with van der Waals surface area (Å²) in [5.74, 6) is 0.990. The predicted octanol–water partition coefficient (Wildman–Crippen LogP) is 3.51. The highest BCUT2D eigenvalue weighted by atomic mass is 35.5. The van der Waals surface area contributed by atoms with Crippen molar-refractivity contribution in [2.45, 2.75) is 43.7 Å².